The van der Waals surface area contributed by atoms with Crippen molar-refractivity contribution in [3.8, 4) is 23.0 Å². The molecule has 0 amide bonds. The van der Waals surface area contributed by atoms with Gasteiger partial charge >= 0.3 is 5.97 Å². The number of nitrogens with zero attached hydrogens (tertiary/aromatic N) is 3. The van der Waals surface area contributed by atoms with Crippen LogP contribution in [0, 0.1) is 10.1 Å². The van der Waals surface area contributed by atoms with Crippen molar-refractivity contribution in [2.24, 2.45) is 4.99 Å². The van der Waals surface area contributed by atoms with Crippen molar-refractivity contribution in [1.82, 2.24) is 4.57 Å². The summed E-state index contributed by atoms with van der Waals surface area (Å²) in [6, 6.07) is 15.8. The van der Waals surface area contributed by atoms with Crippen molar-refractivity contribution in [2.45, 2.75) is 26.5 Å². The predicted octanol–water partition coefficient (Wildman–Crippen LogP) is 4.31. The first-order valence-corrected chi connectivity index (χ1v) is 15.0. The highest BCUT2D eigenvalue weighted by Crippen LogP contribution is 2.36. The second-order valence-electron chi connectivity index (χ2n) is 10.0. The lowest BCUT2D eigenvalue weighted by Crippen LogP contribution is -2.39. The van der Waals surface area contributed by atoms with E-state index in [1.54, 1.807) is 68.5 Å². The fourth-order valence-electron chi connectivity index (χ4n) is 5.05. The fourth-order valence-corrected chi connectivity index (χ4v) is 6.10. The minimum absolute atomic E-state index is 0.00159. The lowest BCUT2D eigenvalue weighted by Gasteiger charge is -2.25. The van der Waals surface area contributed by atoms with E-state index in [-0.39, 0.29) is 30.0 Å². The minimum atomic E-state index is -0.818. The molecule has 0 saturated heterocycles. The van der Waals surface area contributed by atoms with Gasteiger partial charge in [0, 0.05) is 12.1 Å². The summed E-state index contributed by atoms with van der Waals surface area (Å²) in [4.78, 5) is 42.7. The molecular weight excluding hydrogens is 614 g/mol. The topological polar surface area (TPSA) is 141 Å². The Morgan fingerprint density at radius 1 is 0.978 bits per heavy atom. The summed E-state index contributed by atoms with van der Waals surface area (Å²) in [5.74, 6) is 1.29. The summed E-state index contributed by atoms with van der Waals surface area (Å²) in [6.45, 7) is 3.77. The van der Waals surface area contributed by atoms with E-state index in [1.807, 2.05) is 0 Å². The van der Waals surface area contributed by atoms with Crippen LogP contribution in [-0.2, 0) is 16.1 Å². The predicted molar refractivity (Wildman–Crippen MR) is 170 cm³/mol. The normalized spacial score (nSPS) is 14.3. The number of esters is 1. The first-order chi connectivity index (χ1) is 22.2. The first-order valence-electron chi connectivity index (χ1n) is 14.1. The van der Waals surface area contributed by atoms with Gasteiger partial charge in [-0.3, -0.25) is 19.5 Å². The number of fused-ring (bicyclic) bond motifs is 1. The van der Waals surface area contributed by atoms with Crippen molar-refractivity contribution in [1.29, 1.82) is 0 Å². The summed E-state index contributed by atoms with van der Waals surface area (Å²) in [5, 5.41) is 10.9. The second-order valence-corrected chi connectivity index (χ2v) is 11.0. The standard InChI is InChI=1S/C33H31N3O9S/c1-6-44-32(38)29-19(2)34-33-35(30(29)22-10-14-24(41-3)27(17-22)43-5)31(37)28(46-33)16-21-9-13-25(26(15-21)42-4)45-18-20-7-11-23(12-8-20)36(39)40/h7-17,30H,6,18H2,1-5H3/b28-16-/t30-/m0/s1. The lowest BCUT2D eigenvalue weighted by molar-refractivity contribution is -0.384. The average Bonchev–Trinajstić information content (AvgIpc) is 3.36. The Balaban J connectivity index is 1.53. The highest BCUT2D eigenvalue weighted by molar-refractivity contribution is 7.07. The number of carbonyl (C=O) groups is 1. The number of benzene rings is 3. The van der Waals surface area contributed by atoms with Gasteiger partial charge in [-0.05, 0) is 73.0 Å². The summed E-state index contributed by atoms with van der Waals surface area (Å²) >= 11 is 1.20. The minimum Gasteiger partial charge on any atom is -0.493 e. The van der Waals surface area contributed by atoms with Crippen LogP contribution in [0.3, 0.4) is 0 Å². The molecule has 1 aliphatic heterocycles. The molecule has 2 heterocycles. The highest BCUT2D eigenvalue weighted by atomic mass is 32.1. The van der Waals surface area contributed by atoms with Gasteiger partial charge in [-0.25, -0.2) is 9.79 Å². The maximum atomic E-state index is 14.0. The van der Waals surface area contributed by atoms with Crippen LogP contribution in [0.5, 0.6) is 23.0 Å². The molecule has 13 heteroatoms. The van der Waals surface area contributed by atoms with Gasteiger partial charge < -0.3 is 23.7 Å². The number of hydrogen-bond donors (Lipinski definition) is 0. The van der Waals surface area contributed by atoms with Gasteiger partial charge in [0.2, 0.25) is 0 Å². The van der Waals surface area contributed by atoms with E-state index in [1.165, 1.54) is 49.4 Å². The molecule has 238 valence electrons. The maximum Gasteiger partial charge on any atom is 0.338 e. The Morgan fingerprint density at radius 3 is 2.30 bits per heavy atom. The Morgan fingerprint density at radius 2 is 1.65 bits per heavy atom. The molecule has 12 nitrogen and oxygen atoms in total. The number of non-ortho nitro benzene ring substituents is 1. The number of nitro groups is 1. The Bertz CT molecular complexity index is 2010. The van der Waals surface area contributed by atoms with E-state index in [2.05, 4.69) is 4.99 Å². The molecule has 0 radical (unpaired) electrons. The molecule has 5 rings (SSSR count). The lowest BCUT2D eigenvalue weighted by atomic mass is 9.95. The third kappa shape index (κ3) is 6.35. The van der Waals surface area contributed by atoms with Gasteiger partial charge in [0.05, 0.1) is 54.7 Å². The molecule has 1 atom stereocenters. The molecule has 0 N–H and O–H groups in total. The van der Waals surface area contributed by atoms with Crippen LogP contribution >= 0.6 is 11.3 Å². The number of rotatable bonds is 11. The summed E-state index contributed by atoms with van der Waals surface area (Å²) in [7, 11) is 4.55. The Hall–Kier alpha value is -5.43. The van der Waals surface area contributed by atoms with Crippen molar-refractivity contribution < 1.29 is 33.4 Å². The van der Waals surface area contributed by atoms with Crippen LogP contribution in [0.2, 0.25) is 0 Å². The average molecular weight is 646 g/mol. The van der Waals surface area contributed by atoms with E-state index in [0.29, 0.717) is 49.2 Å². The van der Waals surface area contributed by atoms with Gasteiger partial charge in [0.25, 0.3) is 11.2 Å². The largest absolute Gasteiger partial charge is 0.493 e. The summed E-state index contributed by atoms with van der Waals surface area (Å²) in [5.41, 5.74) is 2.41. The number of methoxy groups -OCH3 is 3. The van der Waals surface area contributed by atoms with Gasteiger partial charge in [0.15, 0.2) is 27.8 Å². The van der Waals surface area contributed by atoms with Crippen LogP contribution < -0.4 is 33.8 Å². The van der Waals surface area contributed by atoms with Crippen LogP contribution in [0.25, 0.3) is 6.08 Å². The van der Waals surface area contributed by atoms with Crippen molar-refractivity contribution in [2.75, 3.05) is 27.9 Å². The molecule has 1 aromatic heterocycles. The number of ether oxygens (including phenoxy) is 5. The molecule has 3 aromatic carbocycles. The molecule has 0 saturated carbocycles. The molecule has 4 aromatic rings. The third-order valence-electron chi connectivity index (χ3n) is 7.27. The Labute approximate surface area is 267 Å². The molecule has 46 heavy (non-hydrogen) atoms. The molecule has 0 spiro atoms. The van der Waals surface area contributed by atoms with E-state index in [0.717, 1.165) is 5.56 Å². The summed E-state index contributed by atoms with van der Waals surface area (Å²) in [6.07, 6.45) is 1.72. The smallest absolute Gasteiger partial charge is 0.338 e. The zero-order chi connectivity index (χ0) is 33.0. The monoisotopic (exact) mass is 645 g/mol. The number of thiazole rings is 1. The van der Waals surface area contributed by atoms with Crippen molar-refractivity contribution >= 4 is 29.1 Å². The molecular formula is C33H31N3O9S. The fraction of sp³-hybridized carbons (Fsp3) is 0.242. The molecule has 0 fully saturated rings. The van der Waals surface area contributed by atoms with E-state index in [4.69, 9.17) is 23.7 Å². The maximum absolute atomic E-state index is 14.0. The van der Waals surface area contributed by atoms with Gasteiger partial charge in [-0.2, -0.15) is 0 Å². The van der Waals surface area contributed by atoms with Gasteiger partial charge in [-0.15, -0.1) is 0 Å². The zero-order valence-corrected chi connectivity index (χ0v) is 26.6. The first kappa shape index (κ1) is 32.0. The van der Waals surface area contributed by atoms with E-state index in [9.17, 15) is 19.7 Å². The Kier molecular flexibility index (Phi) is 9.52. The van der Waals surface area contributed by atoms with E-state index < -0.39 is 16.9 Å². The van der Waals surface area contributed by atoms with Crippen molar-refractivity contribution in [3.63, 3.8) is 0 Å². The number of hydrogen-bond acceptors (Lipinski definition) is 11. The number of carbonyl (C=O) groups excluding carboxylic acids is 1. The van der Waals surface area contributed by atoms with Gasteiger partial charge in [0.1, 0.15) is 6.61 Å². The number of aromatic nitrogens is 1. The quantitative estimate of drug-likeness (QED) is 0.133. The molecule has 0 bridgehead atoms. The van der Waals surface area contributed by atoms with Gasteiger partial charge in [-0.1, -0.05) is 23.5 Å². The SMILES string of the molecule is CCOC(=O)C1=C(C)N=c2s/c(=C\c3ccc(OCc4ccc([N+](=O)[O-])cc4)c(OC)c3)c(=O)n2[C@H]1c1ccc(OC)c(OC)c1. The second kappa shape index (κ2) is 13.7. The number of allylic oxidation sites excluding steroid dienone is 1. The zero-order valence-electron chi connectivity index (χ0n) is 25.8. The van der Waals surface area contributed by atoms with Crippen molar-refractivity contribution in [3.05, 3.63) is 118 Å². The van der Waals surface area contributed by atoms with Crippen LogP contribution in [0.4, 0.5) is 5.69 Å². The molecule has 0 unspecified atom stereocenters. The highest BCUT2D eigenvalue weighted by Gasteiger charge is 2.34. The van der Waals surface area contributed by atoms with Crippen LogP contribution in [-0.4, -0.2) is 43.4 Å². The van der Waals surface area contributed by atoms with Crippen LogP contribution in [0.1, 0.15) is 36.6 Å². The molecule has 0 aliphatic carbocycles. The van der Waals surface area contributed by atoms with E-state index >= 15 is 0 Å². The van der Waals surface area contributed by atoms with Crippen LogP contribution in [0.15, 0.2) is 81.7 Å². The number of nitro benzene ring substituents is 1. The third-order valence-corrected chi connectivity index (χ3v) is 8.25. The molecule has 1 aliphatic rings. The summed E-state index contributed by atoms with van der Waals surface area (Å²) < 4.78 is 29.6.